The molecule has 0 aromatic heterocycles. The first-order valence-electron chi connectivity index (χ1n) is 9.12. The summed E-state index contributed by atoms with van der Waals surface area (Å²) in [5, 5.41) is 19.7. The molecule has 0 spiro atoms. The van der Waals surface area contributed by atoms with Crippen molar-refractivity contribution in [1.82, 2.24) is 4.90 Å². The van der Waals surface area contributed by atoms with E-state index in [9.17, 15) is 14.7 Å². The maximum atomic E-state index is 12.8. The summed E-state index contributed by atoms with van der Waals surface area (Å²) >= 11 is 4.50. The van der Waals surface area contributed by atoms with Crippen molar-refractivity contribution in [3.05, 3.63) is 56.9 Å². The molecule has 0 atom stereocenters. The first-order chi connectivity index (χ1) is 14.3. The molecule has 1 saturated heterocycles. The fourth-order valence-electron chi connectivity index (χ4n) is 2.78. The zero-order valence-corrected chi connectivity index (χ0v) is 18.7. The standard InChI is InChI=1S/C21H19BrN2O5S/c1-3-24-19(26)17(10-12-8-15(22)18(25)16(9-12)29-4-2)30-21(24)23-14-7-5-6-13(11-14)20(27)28/h5-11,25H,3-4H2,1-2H3,(H,27,28). The van der Waals surface area contributed by atoms with Crippen molar-refractivity contribution in [2.24, 2.45) is 4.99 Å². The fourth-order valence-corrected chi connectivity index (χ4v) is 4.31. The van der Waals surface area contributed by atoms with Gasteiger partial charge in [-0.1, -0.05) is 6.07 Å². The average molecular weight is 491 g/mol. The van der Waals surface area contributed by atoms with Crippen LogP contribution in [0, 0.1) is 0 Å². The minimum Gasteiger partial charge on any atom is -0.503 e. The predicted octanol–water partition coefficient (Wildman–Crippen LogP) is 4.88. The van der Waals surface area contributed by atoms with Crippen molar-refractivity contribution in [2.75, 3.05) is 13.2 Å². The van der Waals surface area contributed by atoms with Gasteiger partial charge in [0, 0.05) is 6.54 Å². The summed E-state index contributed by atoms with van der Waals surface area (Å²) < 4.78 is 5.90. The smallest absolute Gasteiger partial charge is 0.335 e. The van der Waals surface area contributed by atoms with E-state index in [4.69, 9.17) is 9.84 Å². The molecule has 3 rings (SSSR count). The molecule has 9 heteroatoms. The summed E-state index contributed by atoms with van der Waals surface area (Å²) in [7, 11) is 0. The van der Waals surface area contributed by atoms with Crippen molar-refractivity contribution in [3.8, 4) is 11.5 Å². The van der Waals surface area contributed by atoms with Crippen LogP contribution >= 0.6 is 27.7 Å². The molecule has 0 unspecified atom stereocenters. The average Bonchev–Trinajstić information content (AvgIpc) is 3.00. The van der Waals surface area contributed by atoms with Crippen molar-refractivity contribution in [2.45, 2.75) is 13.8 Å². The van der Waals surface area contributed by atoms with Gasteiger partial charge in [-0.3, -0.25) is 9.69 Å². The number of carbonyl (C=O) groups is 2. The number of hydrogen-bond donors (Lipinski definition) is 2. The number of nitrogens with zero attached hydrogens (tertiary/aromatic N) is 2. The molecule has 1 amide bonds. The lowest BCUT2D eigenvalue weighted by molar-refractivity contribution is -0.122. The van der Waals surface area contributed by atoms with E-state index in [0.717, 1.165) is 0 Å². The monoisotopic (exact) mass is 490 g/mol. The van der Waals surface area contributed by atoms with E-state index in [-0.39, 0.29) is 17.2 Å². The molecule has 1 aliphatic rings. The summed E-state index contributed by atoms with van der Waals surface area (Å²) in [6.07, 6.45) is 1.71. The highest BCUT2D eigenvalue weighted by Crippen LogP contribution is 2.38. The Morgan fingerprint density at radius 1 is 1.30 bits per heavy atom. The molecule has 1 heterocycles. The first-order valence-corrected chi connectivity index (χ1v) is 10.7. The van der Waals surface area contributed by atoms with Crippen LogP contribution in [0.15, 0.2) is 50.8 Å². The van der Waals surface area contributed by atoms with Gasteiger partial charge >= 0.3 is 5.97 Å². The minimum absolute atomic E-state index is 0.000139. The number of phenols is 1. The summed E-state index contributed by atoms with van der Waals surface area (Å²) in [6, 6.07) is 9.60. The van der Waals surface area contributed by atoms with Gasteiger partial charge < -0.3 is 14.9 Å². The third-order valence-corrected chi connectivity index (χ3v) is 5.78. The van der Waals surface area contributed by atoms with Gasteiger partial charge in [0.05, 0.1) is 27.2 Å². The van der Waals surface area contributed by atoms with Crippen LogP contribution in [-0.4, -0.2) is 45.3 Å². The van der Waals surface area contributed by atoms with Crippen LogP contribution in [0.3, 0.4) is 0 Å². The zero-order chi connectivity index (χ0) is 21.8. The van der Waals surface area contributed by atoms with Gasteiger partial charge in [-0.2, -0.15) is 0 Å². The van der Waals surface area contributed by atoms with Crippen LogP contribution in [0.4, 0.5) is 5.69 Å². The molecular formula is C21H19BrN2O5S. The van der Waals surface area contributed by atoms with E-state index in [1.807, 2.05) is 13.8 Å². The molecule has 1 fully saturated rings. The number of phenolic OH excluding ortho intramolecular Hbond substituents is 1. The van der Waals surface area contributed by atoms with E-state index in [1.54, 1.807) is 30.3 Å². The second-order valence-corrected chi connectivity index (χ2v) is 8.06. The Morgan fingerprint density at radius 3 is 2.73 bits per heavy atom. The number of carbonyl (C=O) groups excluding carboxylic acids is 1. The fraction of sp³-hybridized carbons (Fsp3) is 0.190. The van der Waals surface area contributed by atoms with Crippen molar-refractivity contribution in [3.63, 3.8) is 0 Å². The number of carboxylic acids is 1. The van der Waals surface area contributed by atoms with Crippen LogP contribution < -0.4 is 4.74 Å². The molecule has 2 N–H and O–H groups in total. The molecule has 0 radical (unpaired) electrons. The van der Waals surface area contributed by atoms with Gasteiger partial charge in [-0.15, -0.1) is 0 Å². The lowest BCUT2D eigenvalue weighted by Gasteiger charge is -2.12. The maximum absolute atomic E-state index is 12.8. The Morgan fingerprint density at radius 2 is 2.07 bits per heavy atom. The number of amides is 1. The number of aliphatic imine (C=N–C) groups is 1. The Hall–Kier alpha value is -2.78. The molecular weight excluding hydrogens is 472 g/mol. The maximum Gasteiger partial charge on any atom is 0.335 e. The first kappa shape index (κ1) is 21.9. The minimum atomic E-state index is -1.04. The molecule has 156 valence electrons. The molecule has 2 aromatic carbocycles. The van der Waals surface area contributed by atoms with Gasteiger partial charge in [0.1, 0.15) is 0 Å². The Kier molecular flexibility index (Phi) is 6.84. The number of amidine groups is 1. The van der Waals surface area contributed by atoms with Crippen molar-refractivity contribution < 1.29 is 24.5 Å². The molecule has 0 aliphatic carbocycles. The molecule has 0 saturated carbocycles. The normalized spacial score (nSPS) is 16.5. The lowest BCUT2D eigenvalue weighted by atomic mass is 10.2. The Bertz CT molecular complexity index is 1070. The highest BCUT2D eigenvalue weighted by molar-refractivity contribution is 9.10. The Labute approximate surface area is 186 Å². The van der Waals surface area contributed by atoms with E-state index in [0.29, 0.717) is 44.7 Å². The number of aromatic carboxylic acids is 1. The lowest BCUT2D eigenvalue weighted by Crippen LogP contribution is -2.28. The SMILES string of the molecule is CCOc1cc(C=C2SC(=Nc3cccc(C(=O)O)c3)N(CC)C2=O)cc(Br)c1O. The Balaban J connectivity index is 1.96. The quantitative estimate of drug-likeness (QED) is 0.560. The van der Waals surface area contributed by atoms with Crippen LogP contribution in [0.25, 0.3) is 6.08 Å². The van der Waals surface area contributed by atoms with Crippen molar-refractivity contribution >= 4 is 56.5 Å². The van der Waals surface area contributed by atoms with Crippen molar-refractivity contribution in [1.29, 1.82) is 0 Å². The van der Waals surface area contributed by atoms with E-state index in [1.165, 1.54) is 28.8 Å². The molecule has 30 heavy (non-hydrogen) atoms. The number of thioether (sulfide) groups is 1. The largest absolute Gasteiger partial charge is 0.503 e. The van der Waals surface area contributed by atoms with Crippen LogP contribution in [-0.2, 0) is 4.79 Å². The number of ether oxygens (including phenoxy) is 1. The number of aromatic hydroxyl groups is 1. The van der Waals surface area contributed by atoms with Crippen LogP contribution in [0.2, 0.25) is 0 Å². The summed E-state index contributed by atoms with van der Waals surface area (Å²) in [4.78, 5) is 30.5. The van der Waals surface area contributed by atoms with Gasteiger partial charge in [-0.25, -0.2) is 9.79 Å². The molecule has 7 nitrogen and oxygen atoms in total. The molecule has 2 aromatic rings. The number of hydrogen-bond acceptors (Lipinski definition) is 6. The van der Waals surface area contributed by atoms with E-state index >= 15 is 0 Å². The van der Waals surface area contributed by atoms with E-state index in [2.05, 4.69) is 20.9 Å². The predicted molar refractivity (Wildman–Crippen MR) is 120 cm³/mol. The summed E-state index contributed by atoms with van der Waals surface area (Å²) in [6.45, 7) is 4.47. The third-order valence-electron chi connectivity index (χ3n) is 4.17. The van der Waals surface area contributed by atoms with Gasteiger partial charge in [0.15, 0.2) is 16.7 Å². The number of likely N-dealkylation sites (N-methyl/N-ethyl adjacent to an activating group) is 1. The van der Waals surface area contributed by atoms with E-state index < -0.39 is 5.97 Å². The summed E-state index contributed by atoms with van der Waals surface area (Å²) in [5.41, 5.74) is 1.27. The number of benzene rings is 2. The highest BCUT2D eigenvalue weighted by atomic mass is 79.9. The third kappa shape index (κ3) is 4.68. The van der Waals surface area contributed by atoms with Gasteiger partial charge in [-0.05, 0) is 83.5 Å². The van der Waals surface area contributed by atoms with Crippen LogP contribution in [0.5, 0.6) is 11.5 Å². The topological polar surface area (TPSA) is 99.4 Å². The van der Waals surface area contributed by atoms with Gasteiger partial charge in [0.25, 0.3) is 5.91 Å². The number of rotatable bonds is 6. The second kappa shape index (κ2) is 9.36. The molecule has 0 bridgehead atoms. The van der Waals surface area contributed by atoms with Crippen LogP contribution in [0.1, 0.15) is 29.8 Å². The number of halogens is 1. The van der Waals surface area contributed by atoms with Gasteiger partial charge in [0.2, 0.25) is 0 Å². The zero-order valence-electron chi connectivity index (χ0n) is 16.3. The number of carboxylic acid groups (broad SMARTS) is 1. The highest BCUT2D eigenvalue weighted by Gasteiger charge is 2.32. The second-order valence-electron chi connectivity index (χ2n) is 6.19. The summed E-state index contributed by atoms with van der Waals surface area (Å²) in [5.74, 6) is -0.915. The molecule has 1 aliphatic heterocycles.